The fourth-order valence-corrected chi connectivity index (χ4v) is 1.41. The number of hydrogen-bond acceptors (Lipinski definition) is 5. The van der Waals surface area contributed by atoms with E-state index < -0.39 is 12.6 Å². The Hall–Kier alpha value is -1.31. The van der Waals surface area contributed by atoms with Crippen LogP contribution < -0.4 is 10.6 Å². The van der Waals surface area contributed by atoms with E-state index in [1.54, 1.807) is 0 Å². The van der Waals surface area contributed by atoms with E-state index >= 15 is 0 Å². The highest BCUT2D eigenvalue weighted by Gasteiger charge is 2.25. The third-order valence-corrected chi connectivity index (χ3v) is 2.33. The number of rotatable bonds is 9. The smallest absolute Gasteiger partial charge is 0.389 e. The third kappa shape index (κ3) is 7.66. The fraction of sp³-hybridized carbons (Fsp3) is 0.818. The van der Waals surface area contributed by atoms with Gasteiger partial charge in [0.15, 0.2) is 0 Å². The Bertz CT molecular complexity index is 354. The van der Waals surface area contributed by atoms with Gasteiger partial charge in [0, 0.05) is 13.0 Å². The summed E-state index contributed by atoms with van der Waals surface area (Å²) < 4.78 is 40.9. The fourth-order valence-electron chi connectivity index (χ4n) is 1.41. The van der Waals surface area contributed by atoms with Gasteiger partial charge in [0.05, 0.1) is 6.54 Å². The molecule has 0 saturated heterocycles. The van der Waals surface area contributed by atoms with Gasteiger partial charge in [-0.05, 0) is 25.8 Å². The number of nitrogens with zero attached hydrogens (tertiary/aromatic N) is 2. The molecule has 8 heteroatoms. The zero-order chi connectivity index (χ0) is 14.1. The number of aromatic nitrogens is 2. The summed E-state index contributed by atoms with van der Waals surface area (Å²) in [5.74, 6) is 0.464. The maximum absolute atomic E-state index is 11.9. The molecule has 0 saturated carbocycles. The van der Waals surface area contributed by atoms with Crippen molar-refractivity contribution in [3.63, 3.8) is 0 Å². The highest BCUT2D eigenvalue weighted by molar-refractivity contribution is 5.16. The summed E-state index contributed by atoms with van der Waals surface area (Å²) in [5.41, 5.74) is 0. The minimum atomic E-state index is -4.08. The molecule has 0 amide bonds. The lowest BCUT2D eigenvalue weighted by Gasteiger charge is -2.05. The van der Waals surface area contributed by atoms with Gasteiger partial charge in [-0.25, -0.2) is 0 Å². The van der Waals surface area contributed by atoms with Crippen molar-refractivity contribution in [2.45, 2.75) is 45.3 Å². The molecule has 2 N–H and O–H groups in total. The van der Waals surface area contributed by atoms with Gasteiger partial charge in [-0.15, -0.1) is 5.10 Å². The van der Waals surface area contributed by atoms with Gasteiger partial charge >= 0.3 is 12.2 Å². The molecule has 0 bridgehead atoms. The van der Waals surface area contributed by atoms with Gasteiger partial charge in [-0.1, -0.05) is 12.0 Å². The van der Waals surface area contributed by atoms with Crippen LogP contribution in [-0.4, -0.2) is 29.5 Å². The second-order valence-electron chi connectivity index (χ2n) is 4.18. The topological polar surface area (TPSA) is 63.0 Å². The first-order valence-electron chi connectivity index (χ1n) is 6.35. The number of halogens is 3. The van der Waals surface area contributed by atoms with Gasteiger partial charge in [-0.3, -0.25) is 0 Å². The summed E-state index contributed by atoms with van der Waals surface area (Å²) in [6.07, 6.45) is -3.33. The van der Waals surface area contributed by atoms with Crippen molar-refractivity contribution >= 4 is 6.01 Å². The molecule has 1 rings (SSSR count). The maximum atomic E-state index is 11.9. The quantitative estimate of drug-likeness (QED) is 0.681. The molecule has 110 valence electrons. The van der Waals surface area contributed by atoms with Crippen molar-refractivity contribution < 1.29 is 17.6 Å². The molecule has 1 heterocycles. The van der Waals surface area contributed by atoms with Gasteiger partial charge in [0.25, 0.3) is 0 Å². The Morgan fingerprint density at radius 1 is 1.16 bits per heavy atom. The Morgan fingerprint density at radius 3 is 2.63 bits per heavy atom. The molecular weight excluding hydrogens is 261 g/mol. The van der Waals surface area contributed by atoms with Crippen LogP contribution in [0.3, 0.4) is 0 Å². The van der Waals surface area contributed by atoms with Crippen molar-refractivity contribution in [1.82, 2.24) is 15.5 Å². The van der Waals surface area contributed by atoms with Crippen molar-refractivity contribution in [2.75, 3.05) is 18.4 Å². The lowest BCUT2D eigenvalue weighted by molar-refractivity contribution is -0.135. The van der Waals surface area contributed by atoms with E-state index in [9.17, 15) is 13.2 Å². The number of nitrogens with one attached hydrogen (secondary N) is 2. The molecular formula is C11H19F3N4O. The Kier molecular flexibility index (Phi) is 6.61. The lowest BCUT2D eigenvalue weighted by atomic mass is 10.2. The molecule has 0 aliphatic rings. The molecule has 0 fully saturated rings. The zero-order valence-corrected chi connectivity index (χ0v) is 10.9. The molecule has 0 radical (unpaired) electrons. The van der Waals surface area contributed by atoms with Crippen LogP contribution >= 0.6 is 0 Å². The molecule has 0 unspecified atom stereocenters. The van der Waals surface area contributed by atoms with Crippen LogP contribution in [0.5, 0.6) is 0 Å². The van der Waals surface area contributed by atoms with E-state index in [4.69, 9.17) is 4.42 Å². The van der Waals surface area contributed by atoms with E-state index in [2.05, 4.69) is 27.8 Å². The number of alkyl halides is 3. The number of hydrogen-bond donors (Lipinski definition) is 2. The number of unbranched alkanes of at least 4 members (excludes halogenated alkanes) is 1. The predicted molar refractivity (Wildman–Crippen MR) is 64.7 cm³/mol. The van der Waals surface area contributed by atoms with Gasteiger partial charge in [0.1, 0.15) is 0 Å². The van der Waals surface area contributed by atoms with Crippen LogP contribution in [0.4, 0.5) is 19.2 Å². The minimum Gasteiger partial charge on any atom is -0.407 e. The lowest BCUT2D eigenvalue weighted by Crippen LogP contribution is -2.13. The van der Waals surface area contributed by atoms with Crippen molar-refractivity contribution in [3.05, 3.63) is 5.89 Å². The van der Waals surface area contributed by atoms with Crippen LogP contribution in [0.1, 0.15) is 38.5 Å². The average molecular weight is 280 g/mol. The van der Waals surface area contributed by atoms with Crippen LogP contribution in [-0.2, 0) is 6.54 Å². The third-order valence-electron chi connectivity index (χ3n) is 2.33. The summed E-state index contributed by atoms with van der Waals surface area (Å²) in [6.45, 7) is 3.80. The van der Waals surface area contributed by atoms with Crippen molar-refractivity contribution in [2.24, 2.45) is 0 Å². The molecule has 19 heavy (non-hydrogen) atoms. The monoisotopic (exact) mass is 280 g/mol. The molecule has 1 aromatic rings. The van der Waals surface area contributed by atoms with E-state index in [0.717, 1.165) is 13.0 Å². The van der Waals surface area contributed by atoms with E-state index in [1.165, 1.54) is 0 Å². The molecule has 0 atom stereocenters. The first-order valence-corrected chi connectivity index (χ1v) is 6.35. The average Bonchev–Trinajstić information content (AvgIpc) is 2.75. The number of anilines is 1. The highest BCUT2D eigenvalue weighted by atomic mass is 19.4. The van der Waals surface area contributed by atoms with Crippen LogP contribution in [0.2, 0.25) is 0 Å². The summed E-state index contributed by atoms with van der Waals surface area (Å²) in [7, 11) is 0. The predicted octanol–water partition coefficient (Wildman–Crippen LogP) is 2.71. The van der Waals surface area contributed by atoms with Crippen LogP contribution in [0.15, 0.2) is 4.42 Å². The second kappa shape index (κ2) is 7.98. The zero-order valence-electron chi connectivity index (χ0n) is 10.9. The maximum Gasteiger partial charge on any atom is 0.389 e. The standard InChI is InChI=1S/C11H19F3N4O/c1-2-6-15-8-9-17-18-10(19-9)16-7-4-3-5-11(12,13)14/h15H,2-8H2,1H3,(H,16,18). The normalized spacial score (nSPS) is 11.8. The first-order chi connectivity index (χ1) is 9.01. The van der Waals surface area contributed by atoms with Gasteiger partial charge in [-0.2, -0.15) is 13.2 Å². The molecule has 5 nitrogen and oxygen atoms in total. The van der Waals surface area contributed by atoms with Crippen LogP contribution in [0, 0.1) is 0 Å². The molecule has 0 spiro atoms. The van der Waals surface area contributed by atoms with Crippen LogP contribution in [0.25, 0.3) is 0 Å². The Morgan fingerprint density at radius 2 is 1.95 bits per heavy atom. The summed E-state index contributed by atoms with van der Waals surface area (Å²) in [6, 6.07) is 0.250. The van der Waals surface area contributed by atoms with Crippen molar-refractivity contribution in [1.29, 1.82) is 0 Å². The van der Waals surface area contributed by atoms with Gasteiger partial charge in [0.2, 0.25) is 5.89 Å². The van der Waals surface area contributed by atoms with Gasteiger partial charge < -0.3 is 15.1 Å². The molecule has 0 aliphatic heterocycles. The Labute approximate surface area is 110 Å². The largest absolute Gasteiger partial charge is 0.407 e. The highest BCUT2D eigenvalue weighted by Crippen LogP contribution is 2.22. The minimum absolute atomic E-state index is 0.0928. The second-order valence-corrected chi connectivity index (χ2v) is 4.18. The van der Waals surface area contributed by atoms with E-state index in [0.29, 0.717) is 25.4 Å². The molecule has 1 aromatic heterocycles. The van der Waals surface area contributed by atoms with E-state index in [-0.39, 0.29) is 12.4 Å². The summed E-state index contributed by atoms with van der Waals surface area (Å²) in [5, 5.41) is 13.5. The Balaban J connectivity index is 2.12. The summed E-state index contributed by atoms with van der Waals surface area (Å²) in [4.78, 5) is 0. The molecule has 0 aliphatic carbocycles. The van der Waals surface area contributed by atoms with E-state index in [1.807, 2.05) is 0 Å². The first kappa shape index (κ1) is 15.7. The SMILES string of the molecule is CCCNCc1nnc(NCCCCC(F)(F)F)o1. The molecule has 0 aromatic carbocycles. The summed E-state index contributed by atoms with van der Waals surface area (Å²) >= 11 is 0. The van der Waals surface area contributed by atoms with Crippen molar-refractivity contribution in [3.8, 4) is 0 Å².